The summed E-state index contributed by atoms with van der Waals surface area (Å²) in [4.78, 5) is 15.8. The molecule has 0 spiro atoms. The molecule has 1 aromatic rings. The van der Waals surface area contributed by atoms with Crippen LogP contribution in [0.25, 0.3) is 0 Å². The van der Waals surface area contributed by atoms with Gasteiger partial charge in [-0.2, -0.15) is 15.0 Å². The summed E-state index contributed by atoms with van der Waals surface area (Å²) in [7, 11) is 0. The lowest BCUT2D eigenvalue weighted by atomic mass is 9.96. The van der Waals surface area contributed by atoms with Crippen LogP contribution in [0.4, 0.5) is 4.79 Å². The summed E-state index contributed by atoms with van der Waals surface area (Å²) in [5.41, 5.74) is 0. The van der Waals surface area contributed by atoms with E-state index < -0.39 is 0 Å². The molecule has 104 valence electrons. The molecule has 6 heteroatoms. The van der Waals surface area contributed by atoms with Gasteiger partial charge >= 0.3 is 6.03 Å². The normalized spacial score (nSPS) is 24.6. The van der Waals surface area contributed by atoms with Crippen LogP contribution in [0.2, 0.25) is 0 Å². The number of aromatic nitrogens is 3. The van der Waals surface area contributed by atoms with Crippen LogP contribution in [0.3, 0.4) is 0 Å². The summed E-state index contributed by atoms with van der Waals surface area (Å²) in [6.07, 6.45) is 10.4. The lowest BCUT2D eigenvalue weighted by molar-refractivity contribution is 0.198. The van der Waals surface area contributed by atoms with Gasteiger partial charge in [0.05, 0.1) is 18.4 Å². The Labute approximate surface area is 113 Å². The molecule has 3 rings (SSSR count). The molecule has 6 nitrogen and oxygen atoms in total. The van der Waals surface area contributed by atoms with E-state index in [1.165, 1.54) is 19.3 Å². The number of amides is 2. The zero-order chi connectivity index (χ0) is 13.1. The Bertz CT molecular complexity index is 413. The summed E-state index contributed by atoms with van der Waals surface area (Å²) in [6.45, 7) is 1.51. The van der Waals surface area contributed by atoms with Crippen LogP contribution < -0.4 is 5.32 Å². The first-order chi connectivity index (χ1) is 9.33. The van der Waals surface area contributed by atoms with Crippen LogP contribution in [0.1, 0.15) is 44.6 Å². The molecule has 2 aliphatic rings. The number of urea groups is 1. The molecule has 0 radical (unpaired) electrons. The van der Waals surface area contributed by atoms with Crippen LogP contribution in [0, 0.1) is 0 Å². The molecule has 1 aliphatic carbocycles. The van der Waals surface area contributed by atoms with E-state index in [0.717, 1.165) is 25.8 Å². The van der Waals surface area contributed by atoms with E-state index in [1.54, 1.807) is 17.2 Å². The quantitative estimate of drug-likeness (QED) is 0.881. The van der Waals surface area contributed by atoms with Gasteiger partial charge in [0.15, 0.2) is 0 Å². The third-order valence-electron chi connectivity index (χ3n) is 4.15. The zero-order valence-corrected chi connectivity index (χ0v) is 11.2. The lowest BCUT2D eigenvalue weighted by Gasteiger charge is -2.26. The number of likely N-dealkylation sites (tertiary alicyclic amines) is 1. The molecule has 19 heavy (non-hydrogen) atoms. The monoisotopic (exact) mass is 263 g/mol. The van der Waals surface area contributed by atoms with E-state index in [2.05, 4.69) is 15.5 Å². The van der Waals surface area contributed by atoms with Crippen molar-refractivity contribution < 1.29 is 4.79 Å². The lowest BCUT2D eigenvalue weighted by Crippen LogP contribution is -2.44. The van der Waals surface area contributed by atoms with E-state index >= 15 is 0 Å². The van der Waals surface area contributed by atoms with Crippen LogP contribution in [0.5, 0.6) is 0 Å². The topological polar surface area (TPSA) is 63.1 Å². The number of hydrogen-bond donors (Lipinski definition) is 1. The van der Waals surface area contributed by atoms with Crippen molar-refractivity contribution in [2.75, 3.05) is 13.1 Å². The fraction of sp³-hybridized carbons (Fsp3) is 0.769. The highest BCUT2D eigenvalue weighted by atomic mass is 16.2. The maximum Gasteiger partial charge on any atom is 0.317 e. The third-order valence-corrected chi connectivity index (χ3v) is 4.15. The van der Waals surface area contributed by atoms with E-state index in [-0.39, 0.29) is 12.1 Å². The first-order valence-corrected chi connectivity index (χ1v) is 7.24. The number of nitrogens with one attached hydrogen (secondary N) is 1. The molecule has 1 atom stereocenters. The van der Waals surface area contributed by atoms with Crippen molar-refractivity contribution in [2.45, 2.75) is 50.6 Å². The maximum absolute atomic E-state index is 12.2. The van der Waals surface area contributed by atoms with Crippen LogP contribution in [0.15, 0.2) is 12.4 Å². The van der Waals surface area contributed by atoms with Crippen LogP contribution >= 0.6 is 0 Å². The molecule has 1 N–H and O–H groups in total. The van der Waals surface area contributed by atoms with Gasteiger partial charge in [0.2, 0.25) is 0 Å². The number of nitrogens with zero attached hydrogens (tertiary/aromatic N) is 4. The van der Waals surface area contributed by atoms with Gasteiger partial charge in [-0.3, -0.25) is 0 Å². The average Bonchev–Trinajstić information content (AvgIpc) is 3.11. The molecule has 0 bridgehead atoms. The van der Waals surface area contributed by atoms with E-state index in [0.29, 0.717) is 12.6 Å². The van der Waals surface area contributed by atoms with Gasteiger partial charge in [0.25, 0.3) is 0 Å². The summed E-state index contributed by atoms with van der Waals surface area (Å²) in [5, 5.41) is 11.5. The fourth-order valence-corrected chi connectivity index (χ4v) is 3.04. The fourth-order valence-electron chi connectivity index (χ4n) is 3.04. The van der Waals surface area contributed by atoms with Gasteiger partial charge in [-0.25, -0.2) is 4.79 Å². The van der Waals surface area contributed by atoms with Crippen molar-refractivity contribution in [3.05, 3.63) is 12.4 Å². The average molecular weight is 263 g/mol. The summed E-state index contributed by atoms with van der Waals surface area (Å²) in [5.74, 6) is 0. The molecule has 2 amide bonds. The minimum absolute atomic E-state index is 0.0848. The van der Waals surface area contributed by atoms with Crippen LogP contribution in [-0.4, -0.2) is 45.1 Å². The first-order valence-electron chi connectivity index (χ1n) is 7.24. The predicted molar refractivity (Wildman–Crippen MR) is 70.7 cm³/mol. The maximum atomic E-state index is 12.2. The molecule has 1 saturated carbocycles. The van der Waals surface area contributed by atoms with Gasteiger partial charge in [-0.15, -0.1) is 0 Å². The highest BCUT2D eigenvalue weighted by molar-refractivity contribution is 5.74. The molecule has 1 unspecified atom stereocenters. The van der Waals surface area contributed by atoms with Crippen molar-refractivity contribution in [2.24, 2.45) is 0 Å². The Balaban J connectivity index is 1.51. The Hall–Kier alpha value is -1.59. The van der Waals surface area contributed by atoms with Crippen molar-refractivity contribution in [3.63, 3.8) is 0 Å². The van der Waals surface area contributed by atoms with Crippen molar-refractivity contribution in [3.8, 4) is 0 Å². The summed E-state index contributed by atoms with van der Waals surface area (Å²) >= 11 is 0. The van der Waals surface area contributed by atoms with E-state index in [9.17, 15) is 4.79 Å². The highest BCUT2D eigenvalue weighted by Gasteiger charge is 2.29. The van der Waals surface area contributed by atoms with Gasteiger partial charge in [0.1, 0.15) is 0 Å². The molecule has 1 saturated heterocycles. The standard InChI is InChI=1S/C13H21N5O/c19-13(16-11-4-2-1-3-5-11)17-9-6-12(10-17)18-14-7-8-15-18/h7-8,11-12H,1-6,9-10H2,(H,16,19). The largest absolute Gasteiger partial charge is 0.335 e. The van der Waals surface area contributed by atoms with Gasteiger partial charge < -0.3 is 10.2 Å². The predicted octanol–water partition coefficient (Wildman–Crippen LogP) is 1.57. The molecular weight excluding hydrogens is 242 g/mol. The molecule has 0 aromatic carbocycles. The summed E-state index contributed by atoms with van der Waals surface area (Å²) < 4.78 is 0. The minimum Gasteiger partial charge on any atom is -0.335 e. The Kier molecular flexibility index (Phi) is 3.66. The minimum atomic E-state index is 0.0848. The number of carbonyl (C=O) groups is 1. The SMILES string of the molecule is O=C(NC1CCCCC1)N1CCC(n2nccn2)C1. The number of hydrogen-bond acceptors (Lipinski definition) is 3. The van der Waals surface area contributed by atoms with Crippen molar-refractivity contribution in [1.82, 2.24) is 25.2 Å². The second-order valence-electron chi connectivity index (χ2n) is 5.52. The molecule has 1 aliphatic heterocycles. The van der Waals surface area contributed by atoms with E-state index in [1.807, 2.05) is 4.90 Å². The molecule has 2 fully saturated rings. The molecule has 2 heterocycles. The van der Waals surface area contributed by atoms with Gasteiger partial charge in [0, 0.05) is 19.1 Å². The van der Waals surface area contributed by atoms with Crippen molar-refractivity contribution in [1.29, 1.82) is 0 Å². The number of carbonyl (C=O) groups excluding carboxylic acids is 1. The van der Waals surface area contributed by atoms with Gasteiger partial charge in [-0.05, 0) is 19.3 Å². The van der Waals surface area contributed by atoms with Crippen LogP contribution in [-0.2, 0) is 0 Å². The summed E-state index contributed by atoms with van der Waals surface area (Å²) in [6, 6.07) is 0.691. The second kappa shape index (κ2) is 5.59. The smallest absolute Gasteiger partial charge is 0.317 e. The Morgan fingerprint density at radius 1 is 1.11 bits per heavy atom. The second-order valence-corrected chi connectivity index (χ2v) is 5.52. The third kappa shape index (κ3) is 2.88. The highest BCUT2D eigenvalue weighted by Crippen LogP contribution is 2.21. The Morgan fingerprint density at radius 3 is 2.58 bits per heavy atom. The number of rotatable bonds is 2. The zero-order valence-electron chi connectivity index (χ0n) is 11.2. The van der Waals surface area contributed by atoms with Crippen molar-refractivity contribution >= 4 is 6.03 Å². The Morgan fingerprint density at radius 2 is 1.84 bits per heavy atom. The molecule has 1 aromatic heterocycles. The van der Waals surface area contributed by atoms with E-state index in [4.69, 9.17) is 0 Å². The first kappa shape index (κ1) is 12.4. The molecular formula is C13H21N5O. The van der Waals surface area contributed by atoms with Gasteiger partial charge in [-0.1, -0.05) is 19.3 Å².